The largest absolute Gasteiger partial charge is 0.462 e. The summed E-state index contributed by atoms with van der Waals surface area (Å²) in [4.78, 5) is 41.0. The van der Waals surface area contributed by atoms with Crippen LogP contribution in [-0.4, -0.2) is 18.5 Å². The molecular weight excluding hydrogens is 466 g/mol. The highest BCUT2D eigenvalue weighted by atomic mass is 35.5. The molecule has 1 amide bonds. The second kappa shape index (κ2) is 9.04. The molecule has 4 aromatic rings. The molecule has 0 aliphatic carbocycles. The number of carbonyl (C=O) groups is 2. The van der Waals surface area contributed by atoms with Gasteiger partial charge in [0, 0.05) is 10.7 Å². The lowest BCUT2D eigenvalue weighted by Gasteiger charge is -2.25. The summed E-state index contributed by atoms with van der Waals surface area (Å²) in [6.45, 7) is 4.06. The summed E-state index contributed by atoms with van der Waals surface area (Å²) < 4.78 is 11.0. The number of hydrogen-bond donors (Lipinski definition) is 0. The van der Waals surface area contributed by atoms with Crippen LogP contribution >= 0.6 is 11.6 Å². The Morgan fingerprint density at radius 3 is 2.37 bits per heavy atom. The number of aryl methyl sites for hydroxylation is 1. The van der Waals surface area contributed by atoms with E-state index in [0.717, 1.165) is 17.5 Å². The van der Waals surface area contributed by atoms with Crippen molar-refractivity contribution in [3.05, 3.63) is 110 Å². The number of carbonyl (C=O) groups excluding carboxylic acids is 2. The Balaban J connectivity index is 1.70. The molecule has 0 spiro atoms. The van der Waals surface area contributed by atoms with Crippen molar-refractivity contribution in [2.45, 2.75) is 26.3 Å². The number of fused-ring (bicyclic) bond motifs is 2. The second-order valence-electron chi connectivity index (χ2n) is 8.25. The highest BCUT2D eigenvalue weighted by Gasteiger charge is 2.43. The van der Waals surface area contributed by atoms with E-state index < -0.39 is 17.9 Å². The average molecular weight is 488 g/mol. The van der Waals surface area contributed by atoms with Crippen LogP contribution in [0.15, 0.2) is 75.9 Å². The van der Waals surface area contributed by atoms with Crippen LogP contribution in [0, 0.1) is 0 Å². The SMILES string of the molecule is CCOC(=O)c1ccc(N2C(=O)c3oc4ccc(Cl)cc4c(=O)c3C2c2ccc(CC)cc2)cc1. The minimum Gasteiger partial charge on any atom is -0.462 e. The summed E-state index contributed by atoms with van der Waals surface area (Å²) in [7, 11) is 0. The van der Waals surface area contributed by atoms with E-state index in [1.165, 1.54) is 4.90 Å². The van der Waals surface area contributed by atoms with E-state index in [-0.39, 0.29) is 23.4 Å². The standard InChI is InChI=1S/C28H22ClNO5/c1-3-16-5-7-17(8-6-16)24-23-25(31)21-15-19(29)11-14-22(21)35-26(23)27(32)30(24)20-12-9-18(10-13-20)28(33)34-4-2/h5-15,24H,3-4H2,1-2H3. The van der Waals surface area contributed by atoms with Crippen LogP contribution in [0.2, 0.25) is 5.02 Å². The Morgan fingerprint density at radius 2 is 1.71 bits per heavy atom. The highest BCUT2D eigenvalue weighted by Crippen LogP contribution is 2.41. The van der Waals surface area contributed by atoms with Gasteiger partial charge < -0.3 is 9.15 Å². The normalized spacial score (nSPS) is 14.9. The van der Waals surface area contributed by atoms with Crippen LogP contribution in [0.25, 0.3) is 11.0 Å². The van der Waals surface area contributed by atoms with Gasteiger partial charge in [-0.3, -0.25) is 14.5 Å². The molecule has 5 rings (SSSR count). The molecule has 2 heterocycles. The molecular formula is C28H22ClNO5. The lowest BCUT2D eigenvalue weighted by molar-refractivity contribution is 0.0526. The molecule has 1 aliphatic rings. The number of hydrogen-bond acceptors (Lipinski definition) is 5. The van der Waals surface area contributed by atoms with E-state index in [4.69, 9.17) is 20.8 Å². The monoisotopic (exact) mass is 487 g/mol. The molecule has 6 nitrogen and oxygen atoms in total. The van der Waals surface area contributed by atoms with E-state index >= 15 is 0 Å². The summed E-state index contributed by atoms with van der Waals surface area (Å²) in [5, 5.41) is 0.725. The third kappa shape index (κ3) is 3.90. The molecule has 1 aromatic heterocycles. The molecule has 176 valence electrons. The number of amides is 1. The fourth-order valence-electron chi connectivity index (χ4n) is 4.43. The van der Waals surface area contributed by atoms with Gasteiger partial charge in [-0.25, -0.2) is 4.79 Å². The molecule has 0 saturated carbocycles. The number of esters is 1. The van der Waals surface area contributed by atoms with Gasteiger partial charge in [-0.15, -0.1) is 0 Å². The van der Waals surface area contributed by atoms with Crippen molar-refractivity contribution in [2.75, 3.05) is 11.5 Å². The van der Waals surface area contributed by atoms with Gasteiger partial charge in [-0.1, -0.05) is 42.8 Å². The van der Waals surface area contributed by atoms with E-state index in [1.807, 2.05) is 24.3 Å². The minimum atomic E-state index is -0.698. The lowest BCUT2D eigenvalue weighted by Crippen LogP contribution is -2.29. The topological polar surface area (TPSA) is 76.8 Å². The molecule has 0 radical (unpaired) electrons. The van der Waals surface area contributed by atoms with Crippen LogP contribution in [0.4, 0.5) is 5.69 Å². The van der Waals surface area contributed by atoms with Gasteiger partial charge in [0.05, 0.1) is 29.2 Å². The second-order valence-corrected chi connectivity index (χ2v) is 8.69. The maximum absolute atomic E-state index is 13.7. The molecule has 0 fully saturated rings. The van der Waals surface area contributed by atoms with Crippen molar-refractivity contribution < 1.29 is 18.7 Å². The smallest absolute Gasteiger partial charge is 0.338 e. The molecule has 0 saturated heterocycles. The summed E-state index contributed by atoms with van der Waals surface area (Å²) in [5.74, 6) is -0.868. The van der Waals surface area contributed by atoms with Crippen molar-refractivity contribution in [2.24, 2.45) is 0 Å². The maximum atomic E-state index is 13.7. The van der Waals surface area contributed by atoms with Gasteiger partial charge in [-0.05, 0) is 66.9 Å². The first-order valence-corrected chi connectivity index (χ1v) is 11.8. The molecule has 7 heteroatoms. The van der Waals surface area contributed by atoms with Crippen molar-refractivity contribution in [3.63, 3.8) is 0 Å². The van der Waals surface area contributed by atoms with E-state index in [0.29, 0.717) is 27.2 Å². The van der Waals surface area contributed by atoms with E-state index in [2.05, 4.69) is 6.92 Å². The number of halogens is 1. The van der Waals surface area contributed by atoms with Crippen LogP contribution < -0.4 is 10.3 Å². The maximum Gasteiger partial charge on any atom is 0.338 e. The Bertz CT molecular complexity index is 1510. The Kier molecular flexibility index (Phi) is 5.91. The quantitative estimate of drug-likeness (QED) is 0.326. The Morgan fingerprint density at radius 1 is 1.00 bits per heavy atom. The first kappa shape index (κ1) is 22.9. The van der Waals surface area contributed by atoms with Crippen LogP contribution in [0.1, 0.15) is 57.5 Å². The molecule has 35 heavy (non-hydrogen) atoms. The first-order chi connectivity index (χ1) is 16.9. The zero-order valence-electron chi connectivity index (χ0n) is 19.2. The predicted octanol–water partition coefficient (Wildman–Crippen LogP) is 5.94. The first-order valence-electron chi connectivity index (χ1n) is 11.4. The van der Waals surface area contributed by atoms with Gasteiger partial charge in [0.1, 0.15) is 5.58 Å². The Hall–Kier alpha value is -3.90. The zero-order valence-corrected chi connectivity index (χ0v) is 20.0. The van der Waals surface area contributed by atoms with Crippen LogP contribution in [0.3, 0.4) is 0 Å². The van der Waals surface area contributed by atoms with E-state index in [9.17, 15) is 14.4 Å². The number of nitrogens with zero attached hydrogens (tertiary/aromatic N) is 1. The van der Waals surface area contributed by atoms with Gasteiger partial charge in [0.15, 0.2) is 5.43 Å². The molecule has 3 aromatic carbocycles. The van der Waals surface area contributed by atoms with Crippen molar-refractivity contribution in [1.82, 2.24) is 0 Å². The van der Waals surface area contributed by atoms with Crippen LogP contribution in [-0.2, 0) is 11.2 Å². The summed E-state index contributed by atoms with van der Waals surface area (Å²) >= 11 is 6.15. The summed E-state index contributed by atoms with van der Waals surface area (Å²) in [6.07, 6.45) is 0.866. The van der Waals surface area contributed by atoms with Gasteiger partial charge >= 0.3 is 5.97 Å². The number of benzene rings is 3. The van der Waals surface area contributed by atoms with Crippen molar-refractivity contribution in [3.8, 4) is 0 Å². The molecule has 0 N–H and O–H groups in total. The summed E-state index contributed by atoms with van der Waals surface area (Å²) in [5.41, 5.74) is 3.08. The van der Waals surface area contributed by atoms with Gasteiger partial charge in [0.25, 0.3) is 5.91 Å². The van der Waals surface area contributed by atoms with Crippen molar-refractivity contribution >= 4 is 40.1 Å². The summed E-state index contributed by atoms with van der Waals surface area (Å²) in [6, 6.07) is 18.4. The minimum absolute atomic E-state index is 0.00357. The van der Waals surface area contributed by atoms with Gasteiger partial charge in [-0.2, -0.15) is 0 Å². The molecule has 1 aliphatic heterocycles. The van der Waals surface area contributed by atoms with Crippen molar-refractivity contribution in [1.29, 1.82) is 0 Å². The fourth-order valence-corrected chi connectivity index (χ4v) is 4.61. The van der Waals surface area contributed by atoms with Crippen LogP contribution in [0.5, 0.6) is 0 Å². The highest BCUT2D eigenvalue weighted by molar-refractivity contribution is 6.31. The third-order valence-electron chi connectivity index (χ3n) is 6.19. The van der Waals surface area contributed by atoms with Gasteiger partial charge in [0.2, 0.25) is 5.76 Å². The molecule has 1 unspecified atom stereocenters. The third-order valence-corrected chi connectivity index (χ3v) is 6.43. The molecule has 0 bridgehead atoms. The average Bonchev–Trinajstić information content (AvgIpc) is 3.17. The predicted molar refractivity (Wildman–Crippen MR) is 134 cm³/mol. The molecule has 1 atom stereocenters. The lowest BCUT2D eigenvalue weighted by atomic mass is 9.97. The fraction of sp³-hybridized carbons (Fsp3) is 0.179. The Labute approximate surface area is 206 Å². The zero-order chi connectivity index (χ0) is 24.7. The number of ether oxygens (including phenoxy) is 1. The number of rotatable bonds is 5. The number of anilines is 1. The van der Waals surface area contributed by atoms with E-state index in [1.54, 1.807) is 49.4 Å².